The van der Waals surface area contributed by atoms with Crippen LogP contribution in [-0.2, 0) is 0 Å². The summed E-state index contributed by atoms with van der Waals surface area (Å²) in [6.45, 7) is 2.36. The van der Waals surface area contributed by atoms with Gasteiger partial charge in [0, 0.05) is 6.04 Å². The molecule has 2 aliphatic rings. The van der Waals surface area contributed by atoms with E-state index < -0.39 is 0 Å². The topological polar surface area (TPSA) is 26.0 Å². The molecule has 0 spiro atoms. The fourth-order valence-corrected chi connectivity index (χ4v) is 4.31. The smallest absolute Gasteiger partial charge is 0.00957 e. The van der Waals surface area contributed by atoms with Crippen molar-refractivity contribution in [2.24, 2.45) is 23.5 Å². The molecule has 1 heteroatoms. The summed E-state index contributed by atoms with van der Waals surface area (Å²) < 4.78 is 0. The highest BCUT2D eigenvalue weighted by Gasteiger charge is 2.30. The molecule has 0 bridgehead atoms. The summed E-state index contributed by atoms with van der Waals surface area (Å²) in [5.41, 5.74) is 6.66. The lowest BCUT2D eigenvalue weighted by Crippen LogP contribution is -2.40. The third kappa shape index (κ3) is 3.98. The van der Waals surface area contributed by atoms with Gasteiger partial charge in [-0.3, -0.25) is 0 Å². The zero-order chi connectivity index (χ0) is 12.8. The summed E-state index contributed by atoms with van der Waals surface area (Å²) in [5, 5.41) is 0. The Morgan fingerprint density at radius 3 is 2.11 bits per heavy atom. The quantitative estimate of drug-likeness (QED) is 0.759. The van der Waals surface area contributed by atoms with Crippen LogP contribution in [0.15, 0.2) is 0 Å². The Labute approximate surface area is 114 Å². The number of hydrogen-bond donors (Lipinski definition) is 1. The first-order valence-corrected chi connectivity index (χ1v) is 8.56. The Balaban J connectivity index is 1.85. The van der Waals surface area contributed by atoms with E-state index in [4.69, 9.17) is 5.73 Å². The van der Waals surface area contributed by atoms with Gasteiger partial charge >= 0.3 is 0 Å². The summed E-state index contributed by atoms with van der Waals surface area (Å²) in [5.74, 6) is 2.65. The van der Waals surface area contributed by atoms with E-state index >= 15 is 0 Å². The fraction of sp³-hybridized carbons (Fsp3) is 1.00. The molecule has 0 aromatic heterocycles. The molecule has 18 heavy (non-hydrogen) atoms. The molecular formula is C17H33N. The number of hydrogen-bond acceptors (Lipinski definition) is 1. The minimum atomic E-state index is 0.512. The summed E-state index contributed by atoms with van der Waals surface area (Å²) in [4.78, 5) is 0. The van der Waals surface area contributed by atoms with Crippen LogP contribution < -0.4 is 5.73 Å². The SMILES string of the molecule is CCC1CCCC(C(N)C2CCCCCCC2)C1. The van der Waals surface area contributed by atoms with E-state index in [0.717, 1.165) is 17.8 Å². The standard InChI is InChI=1S/C17H33N/c1-2-14-9-8-12-16(13-14)17(18)15-10-6-4-3-5-7-11-15/h14-17H,2-13,18H2,1H3. The van der Waals surface area contributed by atoms with Crippen molar-refractivity contribution in [1.29, 1.82) is 0 Å². The van der Waals surface area contributed by atoms with Gasteiger partial charge in [0.05, 0.1) is 0 Å². The maximum absolute atomic E-state index is 6.66. The molecule has 0 saturated heterocycles. The Kier molecular flexibility index (Phi) is 6.01. The largest absolute Gasteiger partial charge is 0.327 e. The van der Waals surface area contributed by atoms with Gasteiger partial charge in [-0.2, -0.15) is 0 Å². The van der Waals surface area contributed by atoms with Gasteiger partial charge in [0.1, 0.15) is 0 Å². The molecule has 2 saturated carbocycles. The van der Waals surface area contributed by atoms with Gasteiger partial charge in [-0.15, -0.1) is 0 Å². The van der Waals surface area contributed by atoms with Gasteiger partial charge in [0.2, 0.25) is 0 Å². The second-order valence-electron chi connectivity index (χ2n) is 6.88. The maximum atomic E-state index is 6.66. The summed E-state index contributed by atoms with van der Waals surface area (Å²) in [6, 6.07) is 0.512. The zero-order valence-electron chi connectivity index (χ0n) is 12.4. The maximum Gasteiger partial charge on any atom is 0.00957 e. The summed E-state index contributed by atoms with van der Waals surface area (Å²) in [6.07, 6.45) is 17.2. The summed E-state index contributed by atoms with van der Waals surface area (Å²) in [7, 11) is 0. The van der Waals surface area contributed by atoms with Crippen molar-refractivity contribution in [2.75, 3.05) is 0 Å². The Bertz CT molecular complexity index is 216. The fourth-order valence-electron chi connectivity index (χ4n) is 4.31. The predicted octanol–water partition coefficient (Wildman–Crippen LogP) is 4.89. The molecule has 0 aliphatic heterocycles. The molecule has 0 heterocycles. The molecule has 0 aromatic carbocycles. The van der Waals surface area contributed by atoms with Crippen LogP contribution in [0.4, 0.5) is 0 Å². The third-order valence-electron chi connectivity index (χ3n) is 5.64. The second kappa shape index (κ2) is 7.53. The zero-order valence-corrected chi connectivity index (χ0v) is 12.4. The van der Waals surface area contributed by atoms with E-state index in [0.29, 0.717) is 6.04 Å². The van der Waals surface area contributed by atoms with Crippen molar-refractivity contribution in [3.63, 3.8) is 0 Å². The monoisotopic (exact) mass is 251 g/mol. The van der Waals surface area contributed by atoms with Crippen molar-refractivity contribution < 1.29 is 0 Å². The van der Waals surface area contributed by atoms with Gasteiger partial charge in [0.15, 0.2) is 0 Å². The van der Waals surface area contributed by atoms with E-state index in [1.165, 1.54) is 77.0 Å². The predicted molar refractivity (Wildman–Crippen MR) is 79.5 cm³/mol. The van der Waals surface area contributed by atoms with E-state index in [9.17, 15) is 0 Å². The molecule has 3 atom stereocenters. The minimum absolute atomic E-state index is 0.512. The van der Waals surface area contributed by atoms with Crippen molar-refractivity contribution in [2.45, 2.75) is 90.0 Å². The minimum Gasteiger partial charge on any atom is -0.327 e. The van der Waals surface area contributed by atoms with Crippen LogP contribution in [0.25, 0.3) is 0 Å². The average Bonchev–Trinajstić information content (AvgIpc) is 2.38. The Morgan fingerprint density at radius 2 is 1.44 bits per heavy atom. The van der Waals surface area contributed by atoms with Gasteiger partial charge in [0.25, 0.3) is 0 Å². The van der Waals surface area contributed by atoms with Crippen LogP contribution in [0, 0.1) is 17.8 Å². The molecule has 0 amide bonds. The Morgan fingerprint density at radius 1 is 0.833 bits per heavy atom. The van der Waals surface area contributed by atoms with Crippen molar-refractivity contribution in [3.8, 4) is 0 Å². The van der Waals surface area contributed by atoms with E-state index in [1.807, 2.05) is 0 Å². The molecule has 2 N–H and O–H groups in total. The van der Waals surface area contributed by atoms with E-state index in [1.54, 1.807) is 0 Å². The van der Waals surface area contributed by atoms with Crippen LogP contribution in [0.5, 0.6) is 0 Å². The van der Waals surface area contributed by atoms with Gasteiger partial charge < -0.3 is 5.73 Å². The van der Waals surface area contributed by atoms with Gasteiger partial charge in [-0.1, -0.05) is 58.3 Å². The van der Waals surface area contributed by atoms with E-state index in [-0.39, 0.29) is 0 Å². The van der Waals surface area contributed by atoms with Crippen LogP contribution in [-0.4, -0.2) is 6.04 Å². The van der Waals surface area contributed by atoms with Crippen molar-refractivity contribution >= 4 is 0 Å². The molecule has 3 unspecified atom stereocenters. The molecule has 0 radical (unpaired) electrons. The highest BCUT2D eigenvalue weighted by Crippen LogP contribution is 2.36. The first-order valence-electron chi connectivity index (χ1n) is 8.56. The van der Waals surface area contributed by atoms with Crippen molar-refractivity contribution in [3.05, 3.63) is 0 Å². The molecule has 0 aromatic rings. The normalized spacial score (nSPS) is 33.7. The van der Waals surface area contributed by atoms with E-state index in [2.05, 4.69) is 6.92 Å². The average molecular weight is 251 g/mol. The lowest BCUT2D eigenvalue weighted by Gasteiger charge is -2.37. The molecule has 2 fully saturated rings. The first-order chi connectivity index (χ1) is 8.81. The second-order valence-corrected chi connectivity index (χ2v) is 6.88. The molecular weight excluding hydrogens is 218 g/mol. The van der Waals surface area contributed by atoms with Gasteiger partial charge in [-0.25, -0.2) is 0 Å². The lowest BCUT2D eigenvalue weighted by atomic mass is 9.72. The van der Waals surface area contributed by atoms with Crippen LogP contribution in [0.3, 0.4) is 0 Å². The Hall–Kier alpha value is -0.0400. The number of rotatable bonds is 3. The molecule has 106 valence electrons. The molecule has 2 aliphatic carbocycles. The highest BCUT2D eigenvalue weighted by atomic mass is 14.7. The van der Waals surface area contributed by atoms with Gasteiger partial charge in [-0.05, 0) is 43.4 Å². The van der Waals surface area contributed by atoms with Crippen LogP contribution in [0.1, 0.15) is 84.0 Å². The third-order valence-corrected chi connectivity index (χ3v) is 5.64. The molecule has 2 rings (SSSR count). The van der Waals surface area contributed by atoms with Crippen molar-refractivity contribution in [1.82, 2.24) is 0 Å². The molecule has 1 nitrogen and oxygen atoms in total. The number of nitrogens with two attached hydrogens (primary N) is 1. The van der Waals surface area contributed by atoms with Crippen LogP contribution in [0.2, 0.25) is 0 Å². The van der Waals surface area contributed by atoms with Crippen LogP contribution >= 0.6 is 0 Å². The summed E-state index contributed by atoms with van der Waals surface area (Å²) >= 11 is 0. The highest BCUT2D eigenvalue weighted by molar-refractivity contribution is 4.85. The lowest BCUT2D eigenvalue weighted by molar-refractivity contribution is 0.177. The first kappa shape index (κ1) is 14.4.